The van der Waals surface area contributed by atoms with Gasteiger partial charge in [0.2, 0.25) is 0 Å². The van der Waals surface area contributed by atoms with Crippen LogP contribution < -0.4 is 10.2 Å². The van der Waals surface area contributed by atoms with Crippen molar-refractivity contribution in [3.63, 3.8) is 0 Å². The van der Waals surface area contributed by atoms with Crippen molar-refractivity contribution < 1.29 is 13.7 Å². The van der Waals surface area contributed by atoms with E-state index in [-0.39, 0.29) is 5.82 Å². The van der Waals surface area contributed by atoms with Gasteiger partial charge in [-0.15, -0.1) is 0 Å². The highest BCUT2D eigenvalue weighted by atomic mass is 32.2. The van der Waals surface area contributed by atoms with Crippen LogP contribution in [0.15, 0.2) is 18.2 Å². The zero-order valence-electron chi connectivity index (χ0n) is 11.9. The third-order valence-electron chi connectivity index (χ3n) is 3.67. The number of hydrogen-bond acceptors (Lipinski definition) is 4. The molecule has 0 atom stereocenters. The summed E-state index contributed by atoms with van der Waals surface area (Å²) in [6.45, 7) is 7.92. The molecule has 6 heteroatoms. The van der Waals surface area contributed by atoms with E-state index in [1.54, 1.807) is 0 Å². The van der Waals surface area contributed by atoms with Crippen molar-refractivity contribution in [3.05, 3.63) is 24.0 Å². The van der Waals surface area contributed by atoms with Crippen molar-refractivity contribution in [2.24, 2.45) is 0 Å². The van der Waals surface area contributed by atoms with Gasteiger partial charge in [-0.05, 0) is 51.4 Å². The molecule has 1 aliphatic heterocycles. The third-order valence-corrected chi connectivity index (χ3v) is 4.11. The van der Waals surface area contributed by atoms with Crippen molar-refractivity contribution in [3.8, 4) is 0 Å². The average Bonchev–Trinajstić information content (AvgIpc) is 2.48. The second-order valence-electron chi connectivity index (χ2n) is 5.67. The predicted octanol–water partition coefficient (Wildman–Crippen LogP) is 2.81. The van der Waals surface area contributed by atoms with Gasteiger partial charge in [0, 0.05) is 11.9 Å². The summed E-state index contributed by atoms with van der Waals surface area (Å²) in [7, 11) is -0.539. The summed E-state index contributed by atoms with van der Waals surface area (Å²) in [4.78, 5) is 0. The van der Waals surface area contributed by atoms with Gasteiger partial charge in [0.25, 0.3) is 0 Å². The maximum absolute atomic E-state index is 13.6. The molecule has 2 rings (SSSR count). The second-order valence-corrected chi connectivity index (χ2v) is 6.28. The van der Waals surface area contributed by atoms with Crippen LogP contribution in [0, 0.1) is 5.82 Å². The monoisotopic (exact) mass is 283 g/mol. The minimum absolute atomic E-state index is 0.302. The Bertz CT molecular complexity index is 466. The highest BCUT2D eigenvalue weighted by Crippen LogP contribution is 2.36. The van der Waals surface area contributed by atoms with E-state index in [9.17, 15) is 4.39 Å². The molecule has 104 valence electrons. The molecule has 19 heavy (non-hydrogen) atoms. The van der Waals surface area contributed by atoms with Crippen LogP contribution in [-0.4, -0.2) is 24.6 Å². The first-order valence-corrected chi connectivity index (χ1v) is 7.43. The zero-order chi connectivity index (χ0) is 14.3. The molecule has 1 saturated heterocycles. The Morgan fingerprint density at radius 2 is 1.68 bits per heavy atom. The number of benzene rings is 1. The standard InChI is InChI=1S/C13H19BFNO2S/c1-12(2)13(3,4)18-14(17-12)9-6-10(15)8-11(7-9)16-19-5/h6-8,16H,1-5H3. The van der Waals surface area contributed by atoms with Crippen LogP contribution in [0.2, 0.25) is 0 Å². The van der Waals surface area contributed by atoms with E-state index in [1.807, 2.05) is 40.0 Å². The highest BCUT2D eigenvalue weighted by Gasteiger charge is 2.51. The van der Waals surface area contributed by atoms with Gasteiger partial charge < -0.3 is 14.0 Å². The fourth-order valence-corrected chi connectivity index (χ4v) is 2.26. The Balaban J connectivity index is 2.29. The molecule has 0 amide bonds. The van der Waals surface area contributed by atoms with Crippen molar-refractivity contribution in [2.75, 3.05) is 11.0 Å². The van der Waals surface area contributed by atoms with Crippen molar-refractivity contribution >= 4 is 30.2 Å². The first-order chi connectivity index (χ1) is 8.75. The maximum atomic E-state index is 13.6. The van der Waals surface area contributed by atoms with Crippen LogP contribution in [0.3, 0.4) is 0 Å². The summed E-state index contributed by atoms with van der Waals surface area (Å²) < 4.78 is 28.5. The molecule has 0 aromatic heterocycles. The van der Waals surface area contributed by atoms with E-state index in [4.69, 9.17) is 9.31 Å². The molecule has 0 unspecified atom stereocenters. The number of halogens is 1. The maximum Gasteiger partial charge on any atom is 0.495 e. The van der Waals surface area contributed by atoms with E-state index < -0.39 is 18.3 Å². The first kappa shape index (κ1) is 14.7. The Morgan fingerprint density at radius 1 is 1.11 bits per heavy atom. The average molecular weight is 283 g/mol. The highest BCUT2D eigenvalue weighted by molar-refractivity contribution is 7.99. The summed E-state index contributed by atoms with van der Waals surface area (Å²) in [5.74, 6) is -0.302. The minimum Gasteiger partial charge on any atom is -0.399 e. The lowest BCUT2D eigenvalue weighted by atomic mass is 9.79. The Hall–Kier alpha value is -0.715. The molecular formula is C13H19BFNO2S. The Labute approximate surface area is 118 Å². The van der Waals surface area contributed by atoms with Gasteiger partial charge >= 0.3 is 7.12 Å². The fraction of sp³-hybridized carbons (Fsp3) is 0.538. The Kier molecular flexibility index (Phi) is 3.86. The summed E-state index contributed by atoms with van der Waals surface area (Å²) in [6, 6.07) is 4.75. The van der Waals surface area contributed by atoms with E-state index in [1.165, 1.54) is 24.1 Å². The van der Waals surface area contributed by atoms with Gasteiger partial charge in [0.05, 0.1) is 11.2 Å². The summed E-state index contributed by atoms with van der Waals surface area (Å²) in [5.41, 5.74) is 0.557. The van der Waals surface area contributed by atoms with Crippen molar-refractivity contribution in [1.82, 2.24) is 0 Å². The number of anilines is 1. The molecule has 3 nitrogen and oxygen atoms in total. The van der Waals surface area contributed by atoms with Crippen molar-refractivity contribution in [1.29, 1.82) is 0 Å². The molecule has 1 N–H and O–H groups in total. The van der Waals surface area contributed by atoms with E-state index in [0.29, 0.717) is 11.2 Å². The normalized spacial score (nSPS) is 20.6. The van der Waals surface area contributed by atoms with Gasteiger partial charge in [0.1, 0.15) is 5.82 Å². The molecule has 0 radical (unpaired) electrons. The van der Waals surface area contributed by atoms with Crippen LogP contribution in [0.5, 0.6) is 0 Å². The van der Waals surface area contributed by atoms with Gasteiger partial charge in [-0.3, -0.25) is 0 Å². The van der Waals surface area contributed by atoms with Gasteiger partial charge in [-0.1, -0.05) is 11.9 Å². The molecular weight excluding hydrogens is 264 g/mol. The van der Waals surface area contributed by atoms with Gasteiger partial charge in [-0.2, -0.15) is 0 Å². The largest absolute Gasteiger partial charge is 0.495 e. The van der Waals surface area contributed by atoms with Crippen LogP contribution in [0.25, 0.3) is 0 Å². The SMILES string of the molecule is CSNc1cc(F)cc(B2OC(C)(C)C(C)(C)O2)c1. The molecule has 1 heterocycles. The second kappa shape index (κ2) is 5.00. The molecule has 0 aliphatic carbocycles. The molecule has 1 aliphatic rings. The first-order valence-electron chi connectivity index (χ1n) is 6.20. The zero-order valence-corrected chi connectivity index (χ0v) is 12.7. The lowest BCUT2D eigenvalue weighted by Crippen LogP contribution is -2.41. The molecule has 1 aromatic carbocycles. The van der Waals surface area contributed by atoms with Crippen molar-refractivity contribution in [2.45, 2.75) is 38.9 Å². The lowest BCUT2D eigenvalue weighted by molar-refractivity contribution is 0.00578. The van der Waals surface area contributed by atoms with E-state index >= 15 is 0 Å². The summed E-state index contributed by atoms with van der Waals surface area (Å²) in [5, 5.41) is 0. The van der Waals surface area contributed by atoms with Crippen LogP contribution in [-0.2, 0) is 9.31 Å². The smallest absolute Gasteiger partial charge is 0.399 e. The lowest BCUT2D eigenvalue weighted by Gasteiger charge is -2.32. The Morgan fingerprint density at radius 3 is 2.21 bits per heavy atom. The molecule has 1 aromatic rings. The van der Waals surface area contributed by atoms with E-state index in [0.717, 1.165) is 0 Å². The molecule has 0 bridgehead atoms. The third kappa shape index (κ3) is 2.90. The number of nitrogens with one attached hydrogen (secondary N) is 1. The number of hydrogen-bond donors (Lipinski definition) is 1. The van der Waals surface area contributed by atoms with Crippen LogP contribution in [0.1, 0.15) is 27.7 Å². The van der Waals surface area contributed by atoms with Gasteiger partial charge in [0.15, 0.2) is 0 Å². The molecule has 1 fully saturated rings. The molecule has 0 saturated carbocycles. The predicted molar refractivity (Wildman–Crippen MR) is 79.3 cm³/mol. The van der Waals surface area contributed by atoms with Crippen LogP contribution in [0.4, 0.5) is 10.1 Å². The molecule has 0 spiro atoms. The fourth-order valence-electron chi connectivity index (χ4n) is 1.90. The quantitative estimate of drug-likeness (QED) is 0.682. The van der Waals surface area contributed by atoms with E-state index in [2.05, 4.69) is 4.72 Å². The summed E-state index contributed by atoms with van der Waals surface area (Å²) in [6.07, 6.45) is 1.89. The number of rotatable bonds is 3. The van der Waals surface area contributed by atoms with Gasteiger partial charge in [-0.25, -0.2) is 4.39 Å². The minimum atomic E-state index is -0.539. The topological polar surface area (TPSA) is 30.5 Å². The van der Waals surface area contributed by atoms with Crippen LogP contribution >= 0.6 is 11.9 Å². The summed E-state index contributed by atoms with van der Waals surface area (Å²) >= 11 is 1.42.